The molecule has 3 rings (SSSR count). The number of likely N-dealkylation sites (tertiary alicyclic amines) is 1. The number of para-hydroxylation sites is 1. The van der Waals surface area contributed by atoms with Crippen molar-refractivity contribution < 1.29 is 14.3 Å². The van der Waals surface area contributed by atoms with Gasteiger partial charge in [-0.05, 0) is 30.5 Å². The lowest BCUT2D eigenvalue weighted by atomic mass is 9.90. The molecule has 0 bridgehead atoms. The Kier molecular flexibility index (Phi) is 4.63. The van der Waals surface area contributed by atoms with E-state index in [-0.39, 0.29) is 36.2 Å². The van der Waals surface area contributed by atoms with Gasteiger partial charge in [0.05, 0.1) is 11.3 Å². The summed E-state index contributed by atoms with van der Waals surface area (Å²) in [5.41, 5.74) is 6.82. The lowest BCUT2D eigenvalue weighted by Crippen LogP contribution is -2.35. The molecule has 2 aliphatic heterocycles. The predicted octanol–water partition coefficient (Wildman–Crippen LogP) is 1.25. The number of nitrogens with zero attached hydrogens (tertiary/aromatic N) is 1. The monoisotopic (exact) mass is 325 g/mol. The Labute approximate surface area is 135 Å². The number of benzene rings is 1. The Hall–Kier alpha value is -1.79. The lowest BCUT2D eigenvalue weighted by molar-refractivity contribution is -0.118. The maximum Gasteiger partial charge on any atom is 0.262 e. The smallest absolute Gasteiger partial charge is 0.262 e. The normalized spacial score (nSPS) is 23.2. The molecule has 7 heteroatoms. The first-order valence-corrected chi connectivity index (χ1v) is 7.07. The van der Waals surface area contributed by atoms with Gasteiger partial charge in [-0.2, -0.15) is 0 Å². The van der Waals surface area contributed by atoms with Crippen molar-refractivity contribution in [2.75, 3.05) is 31.6 Å². The van der Waals surface area contributed by atoms with Crippen LogP contribution in [0, 0.1) is 5.41 Å². The number of ether oxygens (including phenoxy) is 1. The van der Waals surface area contributed by atoms with E-state index in [1.54, 1.807) is 18.2 Å². The van der Waals surface area contributed by atoms with Crippen LogP contribution in [-0.4, -0.2) is 43.0 Å². The maximum atomic E-state index is 12.7. The van der Waals surface area contributed by atoms with Gasteiger partial charge in [0.15, 0.2) is 12.4 Å². The van der Waals surface area contributed by atoms with Gasteiger partial charge in [-0.25, -0.2) is 0 Å². The highest BCUT2D eigenvalue weighted by atomic mass is 35.5. The van der Waals surface area contributed by atoms with Crippen LogP contribution in [0.1, 0.15) is 23.7 Å². The molecule has 6 nitrogen and oxygen atoms in total. The van der Waals surface area contributed by atoms with Crippen molar-refractivity contribution >= 4 is 29.9 Å². The molecule has 0 saturated carbocycles. The molecular formula is C15H20ClN3O3. The van der Waals surface area contributed by atoms with Crippen LogP contribution in [0.3, 0.4) is 0 Å². The quantitative estimate of drug-likeness (QED) is 0.857. The van der Waals surface area contributed by atoms with Crippen molar-refractivity contribution in [1.82, 2.24) is 4.90 Å². The van der Waals surface area contributed by atoms with E-state index in [1.807, 2.05) is 4.90 Å². The number of rotatable bonds is 2. The zero-order valence-electron chi connectivity index (χ0n) is 12.4. The van der Waals surface area contributed by atoms with Crippen LogP contribution < -0.4 is 15.8 Å². The number of anilines is 1. The summed E-state index contributed by atoms with van der Waals surface area (Å²) in [5.74, 6) is 0.188. The number of hydrogen-bond donors (Lipinski definition) is 2. The largest absolute Gasteiger partial charge is 0.481 e. The van der Waals surface area contributed by atoms with Crippen LogP contribution in [0.15, 0.2) is 18.2 Å². The highest BCUT2D eigenvalue weighted by Gasteiger charge is 2.36. The maximum absolute atomic E-state index is 12.7. The lowest BCUT2D eigenvalue weighted by Gasteiger charge is -2.25. The first-order chi connectivity index (χ1) is 10.0. The Morgan fingerprint density at radius 3 is 2.95 bits per heavy atom. The second-order valence-corrected chi connectivity index (χ2v) is 6.01. The Morgan fingerprint density at radius 1 is 1.50 bits per heavy atom. The van der Waals surface area contributed by atoms with Crippen molar-refractivity contribution in [1.29, 1.82) is 0 Å². The summed E-state index contributed by atoms with van der Waals surface area (Å²) in [6.45, 7) is 3.95. The van der Waals surface area contributed by atoms with Crippen molar-refractivity contribution in [2.24, 2.45) is 11.1 Å². The molecule has 22 heavy (non-hydrogen) atoms. The topological polar surface area (TPSA) is 84.7 Å². The van der Waals surface area contributed by atoms with Gasteiger partial charge in [-0.3, -0.25) is 9.59 Å². The van der Waals surface area contributed by atoms with Crippen molar-refractivity contribution in [3.63, 3.8) is 0 Å². The highest BCUT2D eigenvalue weighted by Crippen LogP contribution is 2.35. The fraction of sp³-hybridized carbons (Fsp3) is 0.467. The van der Waals surface area contributed by atoms with Crippen LogP contribution in [-0.2, 0) is 4.79 Å². The molecule has 1 fully saturated rings. The van der Waals surface area contributed by atoms with Crippen molar-refractivity contribution in [2.45, 2.75) is 13.3 Å². The fourth-order valence-electron chi connectivity index (χ4n) is 2.82. The second kappa shape index (κ2) is 6.14. The number of nitrogens with one attached hydrogen (secondary N) is 1. The molecule has 1 saturated heterocycles. The van der Waals surface area contributed by atoms with Gasteiger partial charge in [0, 0.05) is 13.1 Å². The van der Waals surface area contributed by atoms with E-state index in [2.05, 4.69) is 12.2 Å². The fourth-order valence-corrected chi connectivity index (χ4v) is 2.82. The third-order valence-corrected chi connectivity index (χ3v) is 4.20. The van der Waals surface area contributed by atoms with Crippen LogP contribution in [0.4, 0.5) is 5.69 Å². The van der Waals surface area contributed by atoms with E-state index in [0.29, 0.717) is 36.6 Å². The Bertz CT molecular complexity index is 608. The molecule has 2 aliphatic rings. The molecule has 2 heterocycles. The molecule has 1 atom stereocenters. The first kappa shape index (κ1) is 16.6. The van der Waals surface area contributed by atoms with E-state index in [0.717, 1.165) is 6.42 Å². The van der Waals surface area contributed by atoms with Gasteiger partial charge < -0.3 is 20.7 Å². The zero-order chi connectivity index (χ0) is 15.0. The molecule has 2 amide bonds. The number of carbonyl (C=O) groups excluding carboxylic acids is 2. The van der Waals surface area contributed by atoms with E-state index in [9.17, 15) is 9.59 Å². The SMILES string of the molecule is CC1(CN)CCN(C(=O)c2cccc3c2OCC(=O)N3)C1.Cl. The molecule has 120 valence electrons. The first-order valence-electron chi connectivity index (χ1n) is 7.07. The average molecular weight is 326 g/mol. The number of amides is 2. The van der Waals surface area contributed by atoms with Gasteiger partial charge in [0.25, 0.3) is 11.8 Å². The van der Waals surface area contributed by atoms with E-state index < -0.39 is 0 Å². The summed E-state index contributed by atoms with van der Waals surface area (Å²) >= 11 is 0. The van der Waals surface area contributed by atoms with Crippen molar-refractivity contribution in [3.05, 3.63) is 23.8 Å². The van der Waals surface area contributed by atoms with E-state index in [1.165, 1.54) is 0 Å². The molecule has 0 radical (unpaired) electrons. The summed E-state index contributed by atoms with van der Waals surface area (Å²) in [4.78, 5) is 25.8. The minimum absolute atomic E-state index is 0. The van der Waals surface area contributed by atoms with Gasteiger partial charge in [0.1, 0.15) is 0 Å². The van der Waals surface area contributed by atoms with Crippen LogP contribution in [0.25, 0.3) is 0 Å². The highest BCUT2D eigenvalue weighted by molar-refractivity contribution is 6.03. The Balaban J connectivity index is 0.00000176. The molecule has 0 aliphatic carbocycles. The minimum atomic E-state index is -0.205. The van der Waals surface area contributed by atoms with Crippen LogP contribution >= 0.6 is 12.4 Å². The molecule has 1 unspecified atom stereocenters. The predicted molar refractivity (Wildman–Crippen MR) is 85.5 cm³/mol. The van der Waals surface area contributed by atoms with Crippen LogP contribution in [0.2, 0.25) is 0 Å². The summed E-state index contributed by atoms with van der Waals surface area (Å²) in [6.07, 6.45) is 0.905. The standard InChI is InChI=1S/C15H19N3O3.ClH/c1-15(8-16)5-6-18(9-15)14(20)10-3-2-4-11-13(10)21-7-12(19)17-11;/h2-4H,5-9,16H2,1H3,(H,17,19);1H. The van der Waals surface area contributed by atoms with Gasteiger partial charge in [0.2, 0.25) is 0 Å². The number of carbonyl (C=O) groups is 2. The number of hydrogen-bond acceptors (Lipinski definition) is 4. The summed E-state index contributed by atoms with van der Waals surface area (Å²) < 4.78 is 5.44. The summed E-state index contributed by atoms with van der Waals surface area (Å²) in [6, 6.07) is 5.22. The summed E-state index contributed by atoms with van der Waals surface area (Å²) in [5, 5.41) is 2.72. The van der Waals surface area contributed by atoms with Crippen LogP contribution in [0.5, 0.6) is 5.75 Å². The molecule has 1 aromatic carbocycles. The molecule has 1 aromatic rings. The van der Waals surface area contributed by atoms with Gasteiger partial charge >= 0.3 is 0 Å². The third kappa shape index (κ3) is 2.89. The van der Waals surface area contributed by atoms with E-state index >= 15 is 0 Å². The number of nitrogens with two attached hydrogens (primary N) is 1. The van der Waals surface area contributed by atoms with Crippen molar-refractivity contribution in [3.8, 4) is 5.75 Å². The summed E-state index contributed by atoms with van der Waals surface area (Å²) in [7, 11) is 0. The van der Waals surface area contributed by atoms with Gasteiger partial charge in [-0.15, -0.1) is 12.4 Å². The molecule has 0 aromatic heterocycles. The minimum Gasteiger partial charge on any atom is -0.481 e. The average Bonchev–Trinajstić information content (AvgIpc) is 2.89. The molecular weight excluding hydrogens is 306 g/mol. The number of halogens is 1. The second-order valence-electron chi connectivity index (χ2n) is 6.01. The third-order valence-electron chi connectivity index (χ3n) is 4.20. The van der Waals surface area contributed by atoms with Gasteiger partial charge in [-0.1, -0.05) is 13.0 Å². The number of fused-ring (bicyclic) bond motifs is 1. The molecule has 3 N–H and O–H groups in total. The molecule has 0 spiro atoms. The Morgan fingerprint density at radius 2 is 2.27 bits per heavy atom. The van der Waals surface area contributed by atoms with E-state index in [4.69, 9.17) is 10.5 Å². The zero-order valence-corrected chi connectivity index (χ0v) is 13.2.